The Morgan fingerprint density at radius 2 is 2.14 bits per heavy atom. The van der Waals surface area contributed by atoms with Gasteiger partial charge in [-0.2, -0.15) is 0 Å². The van der Waals surface area contributed by atoms with Crippen LogP contribution in [0.5, 0.6) is 0 Å². The molecule has 0 aliphatic rings. The first-order chi connectivity index (χ1) is 6.60. The average Bonchev–Trinajstić information content (AvgIpc) is 2.18. The number of hydrogen-bond acceptors (Lipinski definition) is 1. The highest BCUT2D eigenvalue weighted by atomic mass is 19.1. The maximum atomic E-state index is 14.1. The van der Waals surface area contributed by atoms with Gasteiger partial charge in [0.25, 0.3) is 0 Å². The van der Waals surface area contributed by atoms with E-state index in [0.717, 1.165) is 12.0 Å². The fourth-order valence-electron chi connectivity index (χ4n) is 1.55. The summed E-state index contributed by atoms with van der Waals surface area (Å²) in [4.78, 5) is 0. The summed E-state index contributed by atoms with van der Waals surface area (Å²) in [6.45, 7) is 4.03. The maximum absolute atomic E-state index is 14.1. The van der Waals surface area contributed by atoms with E-state index in [-0.39, 0.29) is 0 Å². The van der Waals surface area contributed by atoms with Crippen LogP contribution < -0.4 is 5.32 Å². The van der Waals surface area contributed by atoms with Crippen LogP contribution in [0.3, 0.4) is 0 Å². The highest BCUT2D eigenvalue weighted by Gasteiger charge is 2.24. The Morgan fingerprint density at radius 3 is 2.71 bits per heavy atom. The van der Waals surface area contributed by atoms with E-state index in [1.54, 1.807) is 14.0 Å². The Labute approximate surface area is 85.3 Å². The fraction of sp³-hybridized carbons (Fsp3) is 0.500. The van der Waals surface area contributed by atoms with E-state index in [0.29, 0.717) is 6.54 Å². The zero-order valence-corrected chi connectivity index (χ0v) is 9.10. The lowest BCUT2D eigenvalue weighted by molar-refractivity contribution is 0.190. The summed E-state index contributed by atoms with van der Waals surface area (Å²) in [7, 11) is 1.77. The van der Waals surface area contributed by atoms with Gasteiger partial charge in [-0.3, -0.25) is 0 Å². The lowest BCUT2D eigenvalue weighted by atomic mass is 9.95. The van der Waals surface area contributed by atoms with Gasteiger partial charge in [0.05, 0.1) is 0 Å². The topological polar surface area (TPSA) is 12.0 Å². The minimum Gasteiger partial charge on any atom is -0.316 e. The van der Waals surface area contributed by atoms with E-state index in [2.05, 4.69) is 12.2 Å². The van der Waals surface area contributed by atoms with Crippen molar-refractivity contribution in [1.82, 2.24) is 5.32 Å². The first-order valence-corrected chi connectivity index (χ1v) is 5.03. The second-order valence-corrected chi connectivity index (χ2v) is 3.78. The van der Waals surface area contributed by atoms with Gasteiger partial charge >= 0.3 is 0 Å². The minimum atomic E-state index is -1.28. The van der Waals surface area contributed by atoms with E-state index in [4.69, 9.17) is 0 Å². The van der Waals surface area contributed by atoms with E-state index in [1.165, 1.54) is 5.56 Å². The van der Waals surface area contributed by atoms with Crippen molar-refractivity contribution in [1.29, 1.82) is 0 Å². The molecule has 14 heavy (non-hydrogen) atoms. The van der Waals surface area contributed by atoms with Crippen LogP contribution in [0.4, 0.5) is 4.39 Å². The molecule has 1 atom stereocenters. The molecule has 1 N–H and O–H groups in total. The molecule has 78 valence electrons. The zero-order valence-electron chi connectivity index (χ0n) is 9.10. The quantitative estimate of drug-likeness (QED) is 0.778. The Balaban J connectivity index is 2.93. The third-order valence-corrected chi connectivity index (χ3v) is 2.45. The van der Waals surface area contributed by atoms with Gasteiger partial charge in [-0.1, -0.05) is 31.2 Å². The van der Waals surface area contributed by atoms with Gasteiger partial charge in [0.1, 0.15) is 5.67 Å². The smallest absolute Gasteiger partial charge is 0.145 e. The summed E-state index contributed by atoms with van der Waals surface area (Å²) in [6.07, 6.45) is 0.948. The average molecular weight is 195 g/mol. The number of rotatable bonds is 4. The van der Waals surface area contributed by atoms with Crippen molar-refractivity contribution in [2.45, 2.75) is 25.9 Å². The summed E-state index contributed by atoms with van der Waals surface area (Å²) in [6, 6.07) is 7.73. The van der Waals surface area contributed by atoms with Crippen molar-refractivity contribution in [3.8, 4) is 0 Å². The van der Waals surface area contributed by atoms with Crippen molar-refractivity contribution in [2.75, 3.05) is 13.6 Å². The Morgan fingerprint density at radius 1 is 1.43 bits per heavy atom. The molecule has 0 saturated carbocycles. The van der Waals surface area contributed by atoms with Gasteiger partial charge in [0, 0.05) is 6.54 Å². The van der Waals surface area contributed by atoms with E-state index in [1.807, 2.05) is 24.3 Å². The zero-order chi connectivity index (χ0) is 10.6. The number of benzene rings is 1. The molecule has 0 radical (unpaired) electrons. The van der Waals surface area contributed by atoms with E-state index in [9.17, 15) is 4.39 Å². The van der Waals surface area contributed by atoms with Crippen molar-refractivity contribution in [2.24, 2.45) is 0 Å². The van der Waals surface area contributed by atoms with Crippen LogP contribution in [0.25, 0.3) is 0 Å². The molecule has 0 bridgehead atoms. The molecule has 0 fully saturated rings. The third-order valence-electron chi connectivity index (χ3n) is 2.45. The molecule has 0 aliphatic carbocycles. The lowest BCUT2D eigenvalue weighted by Gasteiger charge is -2.20. The molecule has 1 unspecified atom stereocenters. The van der Waals surface area contributed by atoms with Gasteiger partial charge in [-0.05, 0) is 31.5 Å². The van der Waals surface area contributed by atoms with Crippen LogP contribution in [0, 0.1) is 0 Å². The molecule has 1 aromatic carbocycles. The van der Waals surface area contributed by atoms with Gasteiger partial charge in [0.15, 0.2) is 0 Å². The molecule has 1 rings (SSSR count). The minimum absolute atomic E-state index is 0.347. The standard InChI is InChI=1S/C12H18FN/c1-4-10-6-5-7-11(8-10)12(2,13)9-14-3/h5-8,14H,4,9H2,1-3H3. The highest BCUT2D eigenvalue weighted by Crippen LogP contribution is 2.25. The SMILES string of the molecule is CCc1cccc(C(C)(F)CNC)c1. The second kappa shape index (κ2) is 4.56. The van der Waals surface area contributed by atoms with Crippen molar-refractivity contribution in [3.63, 3.8) is 0 Å². The van der Waals surface area contributed by atoms with E-state index < -0.39 is 5.67 Å². The molecule has 1 nitrogen and oxygen atoms in total. The molecule has 0 aromatic heterocycles. The Hall–Kier alpha value is -0.890. The molecule has 0 heterocycles. The van der Waals surface area contributed by atoms with Crippen molar-refractivity contribution in [3.05, 3.63) is 35.4 Å². The monoisotopic (exact) mass is 195 g/mol. The normalized spacial score (nSPS) is 15.1. The lowest BCUT2D eigenvalue weighted by Crippen LogP contribution is -2.29. The molecule has 0 amide bonds. The molecular formula is C12H18FN. The van der Waals surface area contributed by atoms with Crippen molar-refractivity contribution < 1.29 is 4.39 Å². The van der Waals surface area contributed by atoms with Crippen LogP contribution in [0.2, 0.25) is 0 Å². The number of alkyl halides is 1. The van der Waals surface area contributed by atoms with Gasteiger partial charge < -0.3 is 5.32 Å². The fourth-order valence-corrected chi connectivity index (χ4v) is 1.55. The second-order valence-electron chi connectivity index (χ2n) is 3.78. The molecule has 1 aromatic rings. The summed E-state index contributed by atoms with van der Waals surface area (Å²) in [5.41, 5.74) is 0.661. The highest BCUT2D eigenvalue weighted by molar-refractivity contribution is 5.28. The van der Waals surface area contributed by atoms with Gasteiger partial charge in [0.2, 0.25) is 0 Å². The number of hydrogen-bond donors (Lipinski definition) is 1. The van der Waals surface area contributed by atoms with Crippen LogP contribution >= 0.6 is 0 Å². The number of halogens is 1. The largest absolute Gasteiger partial charge is 0.316 e. The van der Waals surface area contributed by atoms with Crippen molar-refractivity contribution >= 4 is 0 Å². The van der Waals surface area contributed by atoms with E-state index >= 15 is 0 Å². The summed E-state index contributed by atoms with van der Waals surface area (Å²) in [5, 5.41) is 2.87. The first-order valence-electron chi connectivity index (χ1n) is 5.03. The molecule has 0 spiro atoms. The number of likely N-dealkylation sites (N-methyl/N-ethyl adjacent to an activating group) is 1. The summed E-state index contributed by atoms with van der Waals surface area (Å²) in [5.74, 6) is 0. The molecular weight excluding hydrogens is 177 g/mol. The van der Waals surface area contributed by atoms with Crippen LogP contribution in [-0.4, -0.2) is 13.6 Å². The van der Waals surface area contributed by atoms with Gasteiger partial charge in [-0.15, -0.1) is 0 Å². The molecule has 0 aliphatic heterocycles. The summed E-state index contributed by atoms with van der Waals surface area (Å²) >= 11 is 0. The summed E-state index contributed by atoms with van der Waals surface area (Å²) < 4.78 is 14.1. The van der Waals surface area contributed by atoms with Crippen LogP contribution in [0.15, 0.2) is 24.3 Å². The number of nitrogens with one attached hydrogen (secondary N) is 1. The third kappa shape index (κ3) is 2.55. The predicted octanol–water partition coefficient (Wildman–Crippen LogP) is 2.65. The van der Waals surface area contributed by atoms with Crippen LogP contribution in [-0.2, 0) is 12.1 Å². The van der Waals surface area contributed by atoms with Crippen LogP contribution in [0.1, 0.15) is 25.0 Å². The maximum Gasteiger partial charge on any atom is 0.145 e. The molecule has 2 heteroatoms. The number of aryl methyl sites for hydroxylation is 1. The predicted molar refractivity (Wildman–Crippen MR) is 58.2 cm³/mol. The first kappa shape index (κ1) is 11.2. The molecule has 0 saturated heterocycles. The Kier molecular flexibility index (Phi) is 3.64. The van der Waals surface area contributed by atoms with Gasteiger partial charge in [-0.25, -0.2) is 4.39 Å². The Bertz CT molecular complexity index is 294.